The van der Waals surface area contributed by atoms with Crippen LogP contribution in [0.2, 0.25) is 0 Å². The average molecular weight is 190 g/mol. The van der Waals surface area contributed by atoms with Crippen LogP contribution in [0, 0.1) is 24.2 Å². The Balaban J connectivity index is 2.85. The average Bonchev–Trinajstić information content (AvgIpc) is 2.29. The molecule has 0 fully saturated rings. The second-order valence-corrected chi connectivity index (χ2v) is 3.26. The maximum Gasteiger partial charge on any atom is 0.0336 e. The van der Waals surface area contributed by atoms with Crippen LogP contribution < -0.4 is 0 Å². The lowest BCUT2D eigenvalue weighted by atomic mass is 10.0. The fraction of sp³-hybridized carbons (Fsp3) is 0.0667. The summed E-state index contributed by atoms with van der Waals surface area (Å²) < 4.78 is 0. The minimum Gasteiger partial charge on any atom is -0.115 e. The molecule has 2 rings (SSSR count). The van der Waals surface area contributed by atoms with Gasteiger partial charge in [0.15, 0.2) is 0 Å². The smallest absolute Gasteiger partial charge is 0.0336 e. The molecule has 2 aromatic carbocycles. The van der Waals surface area contributed by atoms with Gasteiger partial charge in [-0.25, -0.2) is 0 Å². The predicted octanol–water partition coefficient (Wildman–Crippen LogP) is 3.19. The summed E-state index contributed by atoms with van der Waals surface area (Å²) >= 11 is 0. The molecular formula is C15H10. The second-order valence-electron chi connectivity index (χ2n) is 3.26. The number of fused-ring (bicyclic) bond motifs is 1. The first-order valence-electron chi connectivity index (χ1n) is 4.77. The molecule has 70 valence electrons. The van der Waals surface area contributed by atoms with Crippen molar-refractivity contribution in [1.29, 1.82) is 0 Å². The normalized spacial score (nSPS) is 9.07. The molecule has 0 spiro atoms. The third kappa shape index (κ3) is 1.71. The van der Waals surface area contributed by atoms with E-state index in [1.807, 2.05) is 31.2 Å². The number of benzene rings is 2. The van der Waals surface area contributed by atoms with Gasteiger partial charge in [-0.2, -0.15) is 0 Å². The molecule has 0 nitrogen and oxygen atoms in total. The summed E-state index contributed by atoms with van der Waals surface area (Å²) in [5.41, 5.74) is 1.88. The zero-order chi connectivity index (χ0) is 10.7. The van der Waals surface area contributed by atoms with Gasteiger partial charge in [-0.15, -0.1) is 12.3 Å². The second kappa shape index (κ2) is 3.91. The van der Waals surface area contributed by atoms with Gasteiger partial charge in [-0.05, 0) is 29.8 Å². The first-order valence-corrected chi connectivity index (χ1v) is 4.77. The lowest BCUT2D eigenvalue weighted by Crippen LogP contribution is -1.83. The molecule has 15 heavy (non-hydrogen) atoms. The molecule has 0 aliphatic heterocycles. The quantitative estimate of drug-likeness (QED) is 0.560. The van der Waals surface area contributed by atoms with Gasteiger partial charge in [0.1, 0.15) is 0 Å². The van der Waals surface area contributed by atoms with E-state index in [1.165, 1.54) is 0 Å². The Kier molecular flexibility index (Phi) is 2.44. The summed E-state index contributed by atoms with van der Waals surface area (Å²) in [6.45, 7) is 1.83. The van der Waals surface area contributed by atoms with E-state index in [2.05, 4.69) is 29.9 Å². The zero-order valence-corrected chi connectivity index (χ0v) is 8.54. The van der Waals surface area contributed by atoms with Crippen LogP contribution in [0.1, 0.15) is 18.1 Å². The number of rotatable bonds is 0. The Hall–Kier alpha value is -2.18. The van der Waals surface area contributed by atoms with Gasteiger partial charge >= 0.3 is 0 Å². The first-order chi connectivity index (χ1) is 7.35. The lowest BCUT2D eigenvalue weighted by Gasteiger charge is -2.01. The Morgan fingerprint density at radius 2 is 1.93 bits per heavy atom. The van der Waals surface area contributed by atoms with E-state index in [0.717, 1.165) is 21.9 Å². The molecule has 0 atom stereocenters. The molecule has 0 aliphatic carbocycles. The topological polar surface area (TPSA) is 0 Å². The van der Waals surface area contributed by atoms with E-state index < -0.39 is 0 Å². The molecule has 2 aromatic rings. The molecule has 0 amide bonds. The summed E-state index contributed by atoms with van der Waals surface area (Å²) in [6, 6.07) is 12.1. The Morgan fingerprint density at radius 3 is 2.67 bits per heavy atom. The van der Waals surface area contributed by atoms with Crippen molar-refractivity contribution >= 4 is 10.8 Å². The van der Waals surface area contributed by atoms with Crippen molar-refractivity contribution in [2.75, 3.05) is 0 Å². The number of hydrogen-bond acceptors (Lipinski definition) is 0. The van der Waals surface area contributed by atoms with E-state index in [1.54, 1.807) is 0 Å². The highest BCUT2D eigenvalue weighted by atomic mass is 14.0. The molecule has 0 heterocycles. The SMILES string of the molecule is C#Cc1cc(C#CC)c2ccccc2c1. The highest BCUT2D eigenvalue weighted by Crippen LogP contribution is 2.20. The summed E-state index contributed by atoms with van der Waals surface area (Å²) in [4.78, 5) is 0. The van der Waals surface area contributed by atoms with Crippen LogP contribution in [0.3, 0.4) is 0 Å². The molecule has 0 N–H and O–H groups in total. The molecule has 0 saturated heterocycles. The van der Waals surface area contributed by atoms with Gasteiger partial charge in [-0.3, -0.25) is 0 Å². The van der Waals surface area contributed by atoms with Crippen molar-refractivity contribution in [3.63, 3.8) is 0 Å². The van der Waals surface area contributed by atoms with Crippen molar-refractivity contribution in [3.8, 4) is 24.2 Å². The van der Waals surface area contributed by atoms with Crippen LogP contribution in [0.5, 0.6) is 0 Å². The van der Waals surface area contributed by atoms with Gasteiger partial charge in [0.05, 0.1) is 0 Å². The van der Waals surface area contributed by atoms with E-state index >= 15 is 0 Å². The molecule has 0 saturated carbocycles. The van der Waals surface area contributed by atoms with E-state index in [4.69, 9.17) is 6.42 Å². The summed E-state index contributed by atoms with van der Waals surface area (Å²) in [5, 5.41) is 2.30. The maximum atomic E-state index is 5.41. The molecule has 0 bridgehead atoms. The number of terminal acetylenes is 1. The molecule has 0 heteroatoms. The lowest BCUT2D eigenvalue weighted by molar-refractivity contribution is 1.65. The maximum absolute atomic E-state index is 5.41. The van der Waals surface area contributed by atoms with Gasteiger partial charge < -0.3 is 0 Å². The third-order valence-electron chi connectivity index (χ3n) is 2.29. The van der Waals surface area contributed by atoms with Crippen molar-refractivity contribution in [2.45, 2.75) is 6.92 Å². The Labute approximate surface area is 89.9 Å². The van der Waals surface area contributed by atoms with Crippen LogP contribution in [0.15, 0.2) is 36.4 Å². The summed E-state index contributed by atoms with van der Waals surface area (Å²) in [7, 11) is 0. The molecular weight excluding hydrogens is 180 g/mol. The monoisotopic (exact) mass is 190 g/mol. The molecule has 0 unspecified atom stereocenters. The van der Waals surface area contributed by atoms with Crippen LogP contribution in [-0.2, 0) is 0 Å². The Bertz CT molecular complexity index is 601. The summed E-state index contributed by atoms with van der Waals surface area (Å²) in [6.07, 6.45) is 5.41. The van der Waals surface area contributed by atoms with Crippen molar-refractivity contribution in [3.05, 3.63) is 47.5 Å². The Morgan fingerprint density at radius 1 is 1.13 bits per heavy atom. The first kappa shape index (κ1) is 9.38. The van der Waals surface area contributed by atoms with Gasteiger partial charge in [-0.1, -0.05) is 36.1 Å². The predicted molar refractivity (Wildman–Crippen MR) is 64.4 cm³/mol. The fourth-order valence-corrected chi connectivity index (χ4v) is 1.63. The zero-order valence-electron chi connectivity index (χ0n) is 8.54. The highest BCUT2D eigenvalue weighted by molar-refractivity contribution is 5.89. The highest BCUT2D eigenvalue weighted by Gasteiger charge is 1.99. The van der Waals surface area contributed by atoms with Gasteiger partial charge in [0.2, 0.25) is 0 Å². The van der Waals surface area contributed by atoms with Crippen LogP contribution in [-0.4, -0.2) is 0 Å². The van der Waals surface area contributed by atoms with E-state index in [9.17, 15) is 0 Å². The van der Waals surface area contributed by atoms with Gasteiger partial charge in [0.25, 0.3) is 0 Å². The van der Waals surface area contributed by atoms with Gasteiger partial charge in [0, 0.05) is 11.1 Å². The standard InChI is InChI=1S/C15H10/c1-3-7-13-10-12(4-2)11-14-8-5-6-9-15(13)14/h2,5-6,8-11H,1H3. The van der Waals surface area contributed by atoms with E-state index in [-0.39, 0.29) is 0 Å². The molecule has 0 aromatic heterocycles. The van der Waals surface area contributed by atoms with Crippen molar-refractivity contribution in [1.82, 2.24) is 0 Å². The third-order valence-corrected chi connectivity index (χ3v) is 2.29. The summed E-state index contributed by atoms with van der Waals surface area (Å²) in [5.74, 6) is 8.64. The minimum absolute atomic E-state index is 0.881. The van der Waals surface area contributed by atoms with Crippen molar-refractivity contribution < 1.29 is 0 Å². The fourth-order valence-electron chi connectivity index (χ4n) is 1.63. The minimum atomic E-state index is 0.881. The van der Waals surface area contributed by atoms with Crippen LogP contribution in [0.4, 0.5) is 0 Å². The molecule has 0 aliphatic rings. The van der Waals surface area contributed by atoms with E-state index in [0.29, 0.717) is 0 Å². The molecule has 0 radical (unpaired) electrons. The van der Waals surface area contributed by atoms with Crippen molar-refractivity contribution in [2.24, 2.45) is 0 Å². The van der Waals surface area contributed by atoms with Crippen LogP contribution >= 0.6 is 0 Å². The van der Waals surface area contributed by atoms with Crippen LogP contribution in [0.25, 0.3) is 10.8 Å². The number of hydrogen-bond donors (Lipinski definition) is 0. The largest absolute Gasteiger partial charge is 0.115 e.